The number of pyridine rings is 2. The molecule has 1 aromatic carbocycles. The fourth-order valence-electron chi connectivity index (χ4n) is 4.50. The van der Waals surface area contributed by atoms with Crippen LogP contribution in [-0.4, -0.2) is 33.3 Å². The Morgan fingerprint density at radius 3 is 2.74 bits per heavy atom. The maximum Gasteiger partial charge on any atom is 0.274 e. The van der Waals surface area contributed by atoms with Crippen molar-refractivity contribution in [3.63, 3.8) is 0 Å². The largest absolute Gasteiger partial charge is 0.387 e. The Labute approximate surface area is 198 Å². The molecular formula is C25H25F3N3O2P. The van der Waals surface area contributed by atoms with Crippen molar-refractivity contribution in [3.8, 4) is 11.3 Å². The van der Waals surface area contributed by atoms with Gasteiger partial charge in [-0.1, -0.05) is 19.1 Å². The number of carbonyl (C=O) groups is 1. The van der Waals surface area contributed by atoms with Crippen LogP contribution in [-0.2, 0) is 0 Å². The van der Waals surface area contributed by atoms with Gasteiger partial charge in [-0.2, -0.15) is 0 Å². The SMILES string of the molecule is C[C@@H]1C[C@H](c2ccncc2NC(=O)c2ccc(F)c(-c3c(F)cccc3P)n2)CC[C@]1(O)CF. The van der Waals surface area contributed by atoms with Gasteiger partial charge >= 0.3 is 0 Å². The van der Waals surface area contributed by atoms with Gasteiger partial charge in [-0.25, -0.2) is 18.2 Å². The van der Waals surface area contributed by atoms with Crippen molar-refractivity contribution in [2.75, 3.05) is 12.0 Å². The van der Waals surface area contributed by atoms with Gasteiger partial charge in [0.2, 0.25) is 0 Å². The van der Waals surface area contributed by atoms with Crippen molar-refractivity contribution in [1.29, 1.82) is 0 Å². The van der Waals surface area contributed by atoms with E-state index in [0.29, 0.717) is 30.3 Å². The van der Waals surface area contributed by atoms with Crippen molar-refractivity contribution < 1.29 is 23.1 Å². The minimum atomic E-state index is -1.33. The third-order valence-corrected chi connectivity index (χ3v) is 7.10. The van der Waals surface area contributed by atoms with E-state index in [2.05, 4.69) is 24.5 Å². The average molecular weight is 487 g/mol. The van der Waals surface area contributed by atoms with Crippen molar-refractivity contribution >= 4 is 26.1 Å². The van der Waals surface area contributed by atoms with E-state index in [1.165, 1.54) is 24.4 Å². The Morgan fingerprint density at radius 2 is 2.03 bits per heavy atom. The number of benzene rings is 1. The quantitative estimate of drug-likeness (QED) is 0.508. The maximum atomic E-state index is 14.5. The van der Waals surface area contributed by atoms with Crippen LogP contribution in [0.4, 0.5) is 18.9 Å². The number of alkyl halides is 1. The minimum Gasteiger partial charge on any atom is -0.387 e. The second kappa shape index (κ2) is 9.80. The van der Waals surface area contributed by atoms with E-state index >= 15 is 0 Å². The van der Waals surface area contributed by atoms with Crippen LogP contribution in [0.5, 0.6) is 0 Å². The molecule has 1 unspecified atom stereocenters. The first-order valence-electron chi connectivity index (χ1n) is 11.0. The number of amides is 1. The molecule has 2 N–H and O–H groups in total. The summed E-state index contributed by atoms with van der Waals surface area (Å²) in [6.07, 6.45) is 4.54. The summed E-state index contributed by atoms with van der Waals surface area (Å²) in [7, 11) is 2.34. The highest BCUT2D eigenvalue weighted by Crippen LogP contribution is 2.43. The van der Waals surface area contributed by atoms with Gasteiger partial charge in [0, 0.05) is 11.8 Å². The lowest BCUT2D eigenvalue weighted by Crippen LogP contribution is -2.43. The summed E-state index contributed by atoms with van der Waals surface area (Å²) in [5.41, 5.74) is -0.417. The molecule has 0 aliphatic heterocycles. The molecule has 0 spiro atoms. The summed E-state index contributed by atoms with van der Waals surface area (Å²) < 4.78 is 42.3. The number of hydrogen-bond donors (Lipinski definition) is 2. The van der Waals surface area contributed by atoms with Gasteiger partial charge in [-0.05, 0) is 66.2 Å². The highest BCUT2D eigenvalue weighted by molar-refractivity contribution is 7.28. The van der Waals surface area contributed by atoms with Gasteiger partial charge < -0.3 is 10.4 Å². The molecule has 178 valence electrons. The van der Waals surface area contributed by atoms with E-state index in [9.17, 15) is 23.1 Å². The van der Waals surface area contributed by atoms with Crippen LogP contribution in [0.25, 0.3) is 11.3 Å². The molecule has 3 aromatic rings. The van der Waals surface area contributed by atoms with Gasteiger partial charge in [0.1, 0.15) is 29.7 Å². The van der Waals surface area contributed by atoms with Gasteiger partial charge in [0.15, 0.2) is 0 Å². The number of aliphatic hydroxyl groups is 1. The normalized spacial score (nSPS) is 22.4. The molecule has 1 fully saturated rings. The fourth-order valence-corrected chi connectivity index (χ4v) is 4.89. The van der Waals surface area contributed by atoms with E-state index in [1.807, 2.05) is 6.92 Å². The number of halogens is 3. The molecule has 0 bridgehead atoms. The number of nitrogens with one attached hydrogen (secondary N) is 1. The Hall–Kier alpha value is -2.83. The maximum absolute atomic E-state index is 14.5. The summed E-state index contributed by atoms with van der Waals surface area (Å²) in [6, 6.07) is 8.41. The summed E-state index contributed by atoms with van der Waals surface area (Å²) in [5, 5.41) is 13.6. The number of carbonyl (C=O) groups excluding carboxylic acids is 1. The molecule has 0 saturated heterocycles. The van der Waals surface area contributed by atoms with Gasteiger partial charge in [0.25, 0.3) is 5.91 Å². The van der Waals surface area contributed by atoms with Crippen LogP contribution >= 0.6 is 9.24 Å². The van der Waals surface area contributed by atoms with E-state index in [0.717, 1.165) is 11.6 Å². The number of hydrogen-bond acceptors (Lipinski definition) is 4. The molecule has 1 aliphatic rings. The number of nitrogens with zero attached hydrogens (tertiary/aromatic N) is 2. The highest BCUT2D eigenvalue weighted by atomic mass is 31.0. The lowest BCUT2D eigenvalue weighted by Gasteiger charge is -2.40. The minimum absolute atomic E-state index is 0.00467. The predicted octanol–water partition coefficient (Wildman–Crippen LogP) is 4.78. The van der Waals surface area contributed by atoms with Gasteiger partial charge in [-0.3, -0.25) is 9.78 Å². The summed E-state index contributed by atoms with van der Waals surface area (Å²) in [4.78, 5) is 21.2. The van der Waals surface area contributed by atoms with E-state index in [1.54, 1.807) is 18.3 Å². The molecule has 4 atom stereocenters. The van der Waals surface area contributed by atoms with E-state index < -0.39 is 29.8 Å². The second-order valence-corrected chi connectivity index (χ2v) is 9.38. The molecular weight excluding hydrogens is 462 g/mol. The first-order valence-corrected chi connectivity index (χ1v) is 11.6. The van der Waals surface area contributed by atoms with Crippen molar-refractivity contribution in [1.82, 2.24) is 9.97 Å². The summed E-state index contributed by atoms with van der Waals surface area (Å²) >= 11 is 0. The lowest BCUT2D eigenvalue weighted by molar-refractivity contribution is -0.0629. The lowest BCUT2D eigenvalue weighted by atomic mass is 9.70. The smallest absolute Gasteiger partial charge is 0.274 e. The molecule has 2 aromatic heterocycles. The zero-order valence-electron chi connectivity index (χ0n) is 18.6. The zero-order chi connectivity index (χ0) is 24.5. The molecule has 1 aliphatic carbocycles. The Kier molecular flexibility index (Phi) is 7.01. The summed E-state index contributed by atoms with van der Waals surface area (Å²) in [6.45, 7) is 1.03. The van der Waals surface area contributed by atoms with Crippen LogP contribution in [0.3, 0.4) is 0 Å². The van der Waals surface area contributed by atoms with Gasteiger partial charge in [0.05, 0.1) is 17.5 Å². The Balaban J connectivity index is 1.61. The number of rotatable bonds is 5. The van der Waals surface area contributed by atoms with Crippen molar-refractivity contribution in [3.05, 3.63) is 71.7 Å². The first kappa shape index (κ1) is 24.3. The molecule has 9 heteroatoms. The average Bonchev–Trinajstić information content (AvgIpc) is 2.82. The fraction of sp³-hybridized carbons (Fsp3) is 0.320. The van der Waals surface area contributed by atoms with Crippen LogP contribution in [0.2, 0.25) is 0 Å². The van der Waals surface area contributed by atoms with E-state index in [-0.39, 0.29) is 28.8 Å². The molecule has 0 radical (unpaired) electrons. The predicted molar refractivity (Wildman–Crippen MR) is 128 cm³/mol. The third kappa shape index (κ3) is 4.70. The number of aromatic nitrogens is 2. The summed E-state index contributed by atoms with van der Waals surface area (Å²) in [5.74, 6) is -2.25. The molecule has 5 nitrogen and oxygen atoms in total. The molecule has 2 heterocycles. The number of anilines is 1. The molecule has 1 amide bonds. The molecule has 4 rings (SSSR count). The van der Waals surface area contributed by atoms with Crippen molar-refractivity contribution in [2.45, 2.75) is 37.7 Å². The van der Waals surface area contributed by atoms with E-state index in [4.69, 9.17) is 0 Å². The van der Waals surface area contributed by atoms with Gasteiger partial charge in [-0.15, -0.1) is 9.24 Å². The Morgan fingerprint density at radius 1 is 1.24 bits per heavy atom. The first-order chi connectivity index (χ1) is 16.2. The van der Waals surface area contributed by atoms with Crippen LogP contribution in [0.15, 0.2) is 48.8 Å². The standard InChI is InChI=1S/C25H25F3N3O2P/c1-14-11-15(7-9-25(14,33)13-26)16-8-10-29-12-20(16)31-24(32)19-6-5-18(28)23(30-19)22-17(27)3-2-4-21(22)34/h2-6,8,10,12,14-15,33H,7,9,11,13,34H2,1H3,(H,31,32)/t14-,15-,25+/m1/s1. The molecule has 1 saturated carbocycles. The van der Waals surface area contributed by atoms with Crippen LogP contribution in [0.1, 0.15) is 48.2 Å². The third-order valence-electron chi connectivity index (χ3n) is 6.62. The zero-order valence-corrected chi connectivity index (χ0v) is 19.7. The monoisotopic (exact) mass is 487 g/mol. The van der Waals surface area contributed by atoms with Crippen molar-refractivity contribution in [2.24, 2.45) is 5.92 Å². The molecule has 34 heavy (non-hydrogen) atoms. The van der Waals surface area contributed by atoms with Crippen LogP contribution in [0, 0.1) is 17.6 Å². The second-order valence-electron chi connectivity index (χ2n) is 8.76. The topological polar surface area (TPSA) is 75.1 Å². The highest BCUT2D eigenvalue weighted by Gasteiger charge is 2.40. The Bertz CT molecular complexity index is 1210. The van der Waals surface area contributed by atoms with Crippen LogP contribution < -0.4 is 10.6 Å².